The lowest BCUT2D eigenvalue weighted by molar-refractivity contribution is -0.105. The van der Waals surface area contributed by atoms with E-state index < -0.39 is 18.1 Å². The minimum absolute atomic E-state index is 0.222. The molecule has 0 aromatic heterocycles. The first-order valence-electron chi connectivity index (χ1n) is 4.29. The molecule has 0 unspecified atom stereocenters. The molecule has 5 heteroatoms. The standard InChI is InChI=1S/C8H17F2NO2/c1-3-11-5-6(12)4-8(2,13)7(9)10/h6-7,11-13H,3-5H2,1-2H3/t6-,8-/m0/s1. The number of aliphatic hydroxyl groups excluding tert-OH is 1. The van der Waals surface area contributed by atoms with Crippen molar-refractivity contribution in [1.29, 1.82) is 0 Å². The van der Waals surface area contributed by atoms with Crippen LogP contribution in [0.15, 0.2) is 0 Å². The van der Waals surface area contributed by atoms with Gasteiger partial charge in [-0.3, -0.25) is 0 Å². The van der Waals surface area contributed by atoms with Crippen LogP contribution in [0.5, 0.6) is 0 Å². The summed E-state index contributed by atoms with van der Waals surface area (Å²) in [6.07, 6.45) is -4.09. The first-order valence-corrected chi connectivity index (χ1v) is 4.29. The summed E-state index contributed by atoms with van der Waals surface area (Å²) in [5.41, 5.74) is -2.10. The van der Waals surface area contributed by atoms with Gasteiger partial charge in [0.1, 0.15) is 5.60 Å². The molecule has 0 fully saturated rings. The molecule has 0 aromatic rings. The van der Waals surface area contributed by atoms with Crippen LogP contribution in [0.25, 0.3) is 0 Å². The van der Waals surface area contributed by atoms with E-state index in [1.807, 2.05) is 6.92 Å². The van der Waals surface area contributed by atoms with Gasteiger partial charge in [0.2, 0.25) is 0 Å². The average Bonchev–Trinajstić information content (AvgIpc) is 1.99. The Kier molecular flexibility index (Phi) is 5.36. The Morgan fingerprint density at radius 2 is 2.00 bits per heavy atom. The van der Waals surface area contributed by atoms with Gasteiger partial charge in [-0.25, -0.2) is 8.78 Å². The molecule has 0 aliphatic carbocycles. The Balaban J connectivity index is 3.82. The van der Waals surface area contributed by atoms with Crippen LogP contribution in [0.4, 0.5) is 8.78 Å². The van der Waals surface area contributed by atoms with Gasteiger partial charge in [0.15, 0.2) is 0 Å². The Labute approximate surface area is 76.8 Å². The van der Waals surface area contributed by atoms with Crippen molar-refractivity contribution in [3.63, 3.8) is 0 Å². The topological polar surface area (TPSA) is 52.5 Å². The smallest absolute Gasteiger partial charge is 0.266 e. The van der Waals surface area contributed by atoms with Crippen LogP contribution in [0, 0.1) is 0 Å². The van der Waals surface area contributed by atoms with E-state index in [-0.39, 0.29) is 13.0 Å². The number of hydrogen-bond acceptors (Lipinski definition) is 3. The quantitative estimate of drug-likeness (QED) is 0.576. The van der Waals surface area contributed by atoms with Crippen molar-refractivity contribution in [2.45, 2.75) is 38.4 Å². The van der Waals surface area contributed by atoms with Crippen molar-refractivity contribution in [2.24, 2.45) is 0 Å². The van der Waals surface area contributed by atoms with Crippen molar-refractivity contribution < 1.29 is 19.0 Å². The molecular weight excluding hydrogens is 180 g/mol. The molecule has 0 radical (unpaired) electrons. The van der Waals surface area contributed by atoms with Gasteiger partial charge in [0, 0.05) is 13.0 Å². The summed E-state index contributed by atoms with van der Waals surface area (Å²) < 4.78 is 24.2. The third kappa shape index (κ3) is 5.13. The Bertz CT molecular complexity index is 142. The lowest BCUT2D eigenvalue weighted by Crippen LogP contribution is -2.40. The number of hydrogen-bond donors (Lipinski definition) is 3. The molecule has 0 spiro atoms. The summed E-state index contributed by atoms with van der Waals surface area (Å²) in [4.78, 5) is 0. The fourth-order valence-corrected chi connectivity index (χ4v) is 0.949. The highest BCUT2D eigenvalue weighted by molar-refractivity contribution is 4.79. The van der Waals surface area contributed by atoms with Crippen molar-refractivity contribution in [2.75, 3.05) is 13.1 Å². The van der Waals surface area contributed by atoms with E-state index in [2.05, 4.69) is 5.32 Å². The van der Waals surface area contributed by atoms with Gasteiger partial charge >= 0.3 is 0 Å². The molecule has 80 valence electrons. The van der Waals surface area contributed by atoms with Gasteiger partial charge in [-0.05, 0) is 13.5 Å². The third-order valence-corrected chi connectivity index (χ3v) is 1.75. The minimum atomic E-state index is -2.83. The van der Waals surface area contributed by atoms with Gasteiger partial charge in [0.05, 0.1) is 6.10 Å². The maximum Gasteiger partial charge on any atom is 0.266 e. The van der Waals surface area contributed by atoms with Crippen molar-refractivity contribution in [3.05, 3.63) is 0 Å². The molecule has 0 saturated carbocycles. The van der Waals surface area contributed by atoms with Gasteiger partial charge in [0.25, 0.3) is 6.43 Å². The highest BCUT2D eigenvalue weighted by Gasteiger charge is 2.34. The van der Waals surface area contributed by atoms with Crippen LogP contribution in [0.2, 0.25) is 0 Å². The van der Waals surface area contributed by atoms with Gasteiger partial charge in [-0.15, -0.1) is 0 Å². The van der Waals surface area contributed by atoms with E-state index in [4.69, 9.17) is 5.11 Å². The molecule has 0 bridgehead atoms. The molecule has 3 N–H and O–H groups in total. The summed E-state index contributed by atoms with van der Waals surface area (Å²) in [5, 5.41) is 21.1. The highest BCUT2D eigenvalue weighted by atomic mass is 19.3. The van der Waals surface area contributed by atoms with Gasteiger partial charge in [-0.2, -0.15) is 0 Å². The van der Waals surface area contributed by atoms with E-state index in [1.54, 1.807) is 0 Å². The van der Waals surface area contributed by atoms with Crippen LogP contribution in [-0.4, -0.2) is 41.4 Å². The monoisotopic (exact) mass is 197 g/mol. The molecule has 0 amide bonds. The average molecular weight is 197 g/mol. The summed E-state index contributed by atoms with van der Waals surface area (Å²) in [6, 6.07) is 0. The second kappa shape index (κ2) is 5.47. The normalized spacial score (nSPS) is 18.7. The maximum absolute atomic E-state index is 12.1. The molecule has 3 nitrogen and oxygen atoms in total. The molecule has 0 aromatic carbocycles. The Morgan fingerprint density at radius 3 is 2.38 bits per heavy atom. The van der Waals surface area contributed by atoms with E-state index in [0.29, 0.717) is 6.54 Å². The second-order valence-corrected chi connectivity index (χ2v) is 3.32. The summed E-state index contributed by atoms with van der Waals surface area (Å²) in [5.74, 6) is 0. The Morgan fingerprint density at radius 1 is 1.46 bits per heavy atom. The lowest BCUT2D eigenvalue weighted by Gasteiger charge is -2.25. The number of rotatable bonds is 6. The molecule has 0 aliphatic heterocycles. The van der Waals surface area contributed by atoms with Crippen molar-refractivity contribution in [1.82, 2.24) is 5.32 Å². The predicted molar refractivity (Wildman–Crippen MR) is 45.8 cm³/mol. The zero-order chi connectivity index (χ0) is 10.5. The van der Waals surface area contributed by atoms with Crippen LogP contribution < -0.4 is 5.32 Å². The third-order valence-electron chi connectivity index (χ3n) is 1.75. The van der Waals surface area contributed by atoms with E-state index in [9.17, 15) is 13.9 Å². The maximum atomic E-state index is 12.1. The van der Waals surface area contributed by atoms with E-state index >= 15 is 0 Å². The molecule has 0 saturated heterocycles. The van der Waals surface area contributed by atoms with E-state index in [0.717, 1.165) is 6.92 Å². The van der Waals surface area contributed by atoms with Crippen LogP contribution in [-0.2, 0) is 0 Å². The number of halogens is 2. The fraction of sp³-hybridized carbons (Fsp3) is 1.00. The Hall–Kier alpha value is -0.260. The molecular formula is C8H17F2NO2. The van der Waals surface area contributed by atoms with Crippen molar-refractivity contribution in [3.8, 4) is 0 Å². The summed E-state index contributed by atoms with van der Waals surface area (Å²) in [6.45, 7) is 3.75. The van der Waals surface area contributed by atoms with E-state index in [1.165, 1.54) is 0 Å². The molecule has 0 heterocycles. The number of nitrogens with one attached hydrogen (secondary N) is 1. The zero-order valence-corrected chi connectivity index (χ0v) is 7.93. The van der Waals surface area contributed by atoms with Crippen LogP contribution in [0.1, 0.15) is 20.3 Å². The lowest BCUT2D eigenvalue weighted by atomic mass is 9.99. The van der Waals surface area contributed by atoms with Crippen LogP contribution >= 0.6 is 0 Å². The molecule has 13 heavy (non-hydrogen) atoms. The second-order valence-electron chi connectivity index (χ2n) is 3.32. The molecule has 2 atom stereocenters. The first-order chi connectivity index (χ1) is 5.90. The first kappa shape index (κ1) is 12.7. The fourth-order valence-electron chi connectivity index (χ4n) is 0.949. The number of aliphatic hydroxyl groups is 2. The predicted octanol–water partition coefficient (Wildman–Crippen LogP) is 0.363. The number of alkyl halides is 2. The van der Waals surface area contributed by atoms with Crippen LogP contribution in [0.3, 0.4) is 0 Å². The van der Waals surface area contributed by atoms with Gasteiger partial charge < -0.3 is 15.5 Å². The summed E-state index contributed by atoms with van der Waals surface area (Å²) >= 11 is 0. The molecule has 0 aliphatic rings. The number of likely N-dealkylation sites (N-methyl/N-ethyl adjacent to an activating group) is 1. The SMILES string of the molecule is CCNC[C@@H](O)C[C@](C)(O)C(F)F. The largest absolute Gasteiger partial charge is 0.392 e. The highest BCUT2D eigenvalue weighted by Crippen LogP contribution is 2.20. The minimum Gasteiger partial charge on any atom is -0.392 e. The summed E-state index contributed by atoms with van der Waals surface area (Å²) in [7, 11) is 0. The zero-order valence-electron chi connectivity index (χ0n) is 7.93. The van der Waals surface area contributed by atoms with Gasteiger partial charge in [-0.1, -0.05) is 6.92 Å². The van der Waals surface area contributed by atoms with Crippen molar-refractivity contribution >= 4 is 0 Å². The molecule has 0 rings (SSSR count).